The van der Waals surface area contributed by atoms with Gasteiger partial charge in [0.25, 0.3) is 0 Å². The highest BCUT2D eigenvalue weighted by Gasteiger charge is 2.45. The molecule has 1 atom stereocenters. The van der Waals surface area contributed by atoms with E-state index in [-0.39, 0.29) is 12.3 Å². The highest BCUT2D eigenvalue weighted by molar-refractivity contribution is 5.88. The van der Waals surface area contributed by atoms with Crippen LogP contribution in [0.3, 0.4) is 0 Å². The number of hydrogen-bond acceptors (Lipinski definition) is 3. The van der Waals surface area contributed by atoms with Gasteiger partial charge in [0.05, 0.1) is 24.5 Å². The summed E-state index contributed by atoms with van der Waals surface area (Å²) >= 11 is 0. The van der Waals surface area contributed by atoms with Gasteiger partial charge in [-0.25, -0.2) is 0 Å². The molecule has 1 N–H and O–H groups in total. The molecule has 2 aliphatic rings. The summed E-state index contributed by atoms with van der Waals surface area (Å²) in [5.41, 5.74) is 0.649. The van der Waals surface area contributed by atoms with Gasteiger partial charge in [-0.1, -0.05) is 43.2 Å². The fourth-order valence-corrected chi connectivity index (χ4v) is 3.89. The molecule has 0 unspecified atom stereocenters. The first kappa shape index (κ1) is 16.0. The maximum Gasteiger partial charge on any atom is 0.306 e. The SMILES string of the molecule is O=C(O)C[C@H]1CN(C(=O)C2(c3ccccc3)CCCC2)CCO1. The van der Waals surface area contributed by atoms with E-state index < -0.39 is 17.5 Å². The monoisotopic (exact) mass is 317 g/mol. The summed E-state index contributed by atoms with van der Waals surface area (Å²) in [7, 11) is 0. The Labute approximate surface area is 136 Å². The summed E-state index contributed by atoms with van der Waals surface area (Å²) in [6.07, 6.45) is 3.41. The molecule has 0 spiro atoms. The van der Waals surface area contributed by atoms with E-state index in [9.17, 15) is 9.59 Å². The Hall–Kier alpha value is -1.88. The molecule has 1 heterocycles. The molecule has 1 amide bonds. The van der Waals surface area contributed by atoms with Crippen molar-refractivity contribution in [2.75, 3.05) is 19.7 Å². The van der Waals surface area contributed by atoms with Crippen molar-refractivity contribution in [2.24, 2.45) is 0 Å². The van der Waals surface area contributed by atoms with Gasteiger partial charge in [0.2, 0.25) is 5.91 Å². The molecule has 2 fully saturated rings. The van der Waals surface area contributed by atoms with E-state index in [1.807, 2.05) is 35.2 Å². The van der Waals surface area contributed by atoms with Gasteiger partial charge < -0.3 is 14.7 Å². The van der Waals surface area contributed by atoms with E-state index in [4.69, 9.17) is 9.84 Å². The van der Waals surface area contributed by atoms with Gasteiger partial charge in [-0.05, 0) is 18.4 Å². The lowest BCUT2D eigenvalue weighted by atomic mass is 9.77. The van der Waals surface area contributed by atoms with Crippen LogP contribution in [0.2, 0.25) is 0 Å². The first-order valence-corrected chi connectivity index (χ1v) is 8.30. The van der Waals surface area contributed by atoms with Crippen molar-refractivity contribution in [1.29, 1.82) is 0 Å². The van der Waals surface area contributed by atoms with E-state index >= 15 is 0 Å². The number of morpholine rings is 1. The van der Waals surface area contributed by atoms with Crippen LogP contribution in [0.1, 0.15) is 37.7 Å². The van der Waals surface area contributed by atoms with Gasteiger partial charge in [0.1, 0.15) is 0 Å². The van der Waals surface area contributed by atoms with Gasteiger partial charge in [0.15, 0.2) is 0 Å². The Bertz CT molecular complexity index is 566. The van der Waals surface area contributed by atoms with Crippen LogP contribution >= 0.6 is 0 Å². The van der Waals surface area contributed by atoms with Crippen LogP contribution in [-0.2, 0) is 19.7 Å². The van der Waals surface area contributed by atoms with Crippen molar-refractivity contribution in [2.45, 2.75) is 43.6 Å². The number of carbonyl (C=O) groups excluding carboxylic acids is 1. The summed E-state index contributed by atoms with van der Waals surface area (Å²) in [4.78, 5) is 26.0. The van der Waals surface area contributed by atoms with Crippen LogP contribution in [0.5, 0.6) is 0 Å². The second-order valence-electron chi connectivity index (χ2n) is 6.50. The maximum atomic E-state index is 13.3. The van der Waals surface area contributed by atoms with Gasteiger partial charge in [-0.3, -0.25) is 9.59 Å². The van der Waals surface area contributed by atoms with Crippen molar-refractivity contribution < 1.29 is 19.4 Å². The Morgan fingerprint density at radius 1 is 1.22 bits per heavy atom. The van der Waals surface area contributed by atoms with E-state index in [1.54, 1.807) is 0 Å². The average Bonchev–Trinajstić information content (AvgIpc) is 3.05. The van der Waals surface area contributed by atoms with Crippen LogP contribution in [0.15, 0.2) is 30.3 Å². The van der Waals surface area contributed by atoms with Crippen LogP contribution < -0.4 is 0 Å². The van der Waals surface area contributed by atoms with Crippen molar-refractivity contribution in [1.82, 2.24) is 4.90 Å². The predicted molar refractivity (Wildman–Crippen MR) is 85.2 cm³/mol. The Balaban J connectivity index is 1.80. The summed E-state index contributed by atoms with van der Waals surface area (Å²) in [5, 5.41) is 8.95. The second-order valence-corrected chi connectivity index (χ2v) is 6.50. The number of hydrogen-bond donors (Lipinski definition) is 1. The fraction of sp³-hybridized carbons (Fsp3) is 0.556. The van der Waals surface area contributed by atoms with Crippen molar-refractivity contribution >= 4 is 11.9 Å². The lowest BCUT2D eigenvalue weighted by Crippen LogP contribution is -2.52. The molecule has 124 valence electrons. The lowest BCUT2D eigenvalue weighted by molar-refractivity contribution is -0.150. The number of carbonyl (C=O) groups is 2. The number of amides is 1. The number of rotatable bonds is 4. The number of carboxylic acid groups (broad SMARTS) is 1. The summed E-state index contributed by atoms with van der Waals surface area (Å²) in [6.45, 7) is 1.33. The van der Waals surface area contributed by atoms with Crippen LogP contribution in [0.4, 0.5) is 0 Å². The number of ether oxygens (including phenoxy) is 1. The average molecular weight is 317 g/mol. The zero-order valence-corrected chi connectivity index (χ0v) is 13.2. The minimum Gasteiger partial charge on any atom is -0.481 e. The number of benzene rings is 1. The normalized spacial score (nSPS) is 23.7. The standard InChI is InChI=1S/C18H23NO4/c20-16(21)12-15-13-19(10-11-23-15)17(22)18(8-4-5-9-18)14-6-2-1-3-7-14/h1-3,6-7,15H,4-5,8-13H2,(H,20,21)/t15-/m0/s1. The van der Waals surface area contributed by atoms with Crippen molar-refractivity contribution in [3.05, 3.63) is 35.9 Å². The fourth-order valence-electron chi connectivity index (χ4n) is 3.89. The molecule has 1 aromatic carbocycles. The molecule has 1 aliphatic carbocycles. The smallest absolute Gasteiger partial charge is 0.306 e. The highest BCUT2D eigenvalue weighted by Crippen LogP contribution is 2.42. The topological polar surface area (TPSA) is 66.8 Å². The molecule has 0 radical (unpaired) electrons. The van der Waals surface area contributed by atoms with Crippen molar-refractivity contribution in [3.8, 4) is 0 Å². The predicted octanol–water partition coefficient (Wildman–Crippen LogP) is 2.20. The molecule has 1 aliphatic heterocycles. The molecule has 0 bridgehead atoms. The first-order valence-electron chi connectivity index (χ1n) is 8.30. The molecular formula is C18H23NO4. The van der Waals surface area contributed by atoms with E-state index in [0.29, 0.717) is 19.7 Å². The molecular weight excluding hydrogens is 294 g/mol. The van der Waals surface area contributed by atoms with Crippen LogP contribution in [0, 0.1) is 0 Å². The molecule has 1 aromatic rings. The number of nitrogens with zero attached hydrogens (tertiary/aromatic N) is 1. The zero-order chi connectivity index (χ0) is 16.3. The third-order valence-corrected chi connectivity index (χ3v) is 5.02. The molecule has 3 rings (SSSR count). The summed E-state index contributed by atoms with van der Waals surface area (Å²) < 4.78 is 5.50. The molecule has 0 aromatic heterocycles. The van der Waals surface area contributed by atoms with Gasteiger partial charge in [-0.15, -0.1) is 0 Å². The summed E-state index contributed by atoms with van der Waals surface area (Å²) in [5.74, 6) is -0.747. The third kappa shape index (κ3) is 3.24. The van der Waals surface area contributed by atoms with Gasteiger partial charge in [0, 0.05) is 13.1 Å². The zero-order valence-electron chi connectivity index (χ0n) is 13.2. The minimum absolute atomic E-state index is 0.0535. The molecule has 23 heavy (non-hydrogen) atoms. The lowest BCUT2D eigenvalue weighted by Gasteiger charge is -2.39. The summed E-state index contributed by atoms with van der Waals surface area (Å²) in [6, 6.07) is 10.0. The molecule has 1 saturated heterocycles. The molecule has 5 nitrogen and oxygen atoms in total. The minimum atomic E-state index is -0.886. The Kier molecular flexibility index (Phi) is 4.66. The molecule has 1 saturated carbocycles. The van der Waals surface area contributed by atoms with Crippen LogP contribution in [-0.4, -0.2) is 47.7 Å². The van der Waals surface area contributed by atoms with E-state index in [0.717, 1.165) is 31.2 Å². The van der Waals surface area contributed by atoms with Gasteiger partial charge in [-0.2, -0.15) is 0 Å². The van der Waals surface area contributed by atoms with Gasteiger partial charge >= 0.3 is 5.97 Å². The maximum absolute atomic E-state index is 13.3. The Morgan fingerprint density at radius 2 is 1.91 bits per heavy atom. The first-order chi connectivity index (χ1) is 11.1. The van der Waals surface area contributed by atoms with E-state index in [1.165, 1.54) is 0 Å². The quantitative estimate of drug-likeness (QED) is 0.924. The molecule has 5 heteroatoms. The van der Waals surface area contributed by atoms with Crippen molar-refractivity contribution in [3.63, 3.8) is 0 Å². The van der Waals surface area contributed by atoms with Crippen LogP contribution in [0.25, 0.3) is 0 Å². The number of carboxylic acids is 1. The Morgan fingerprint density at radius 3 is 2.57 bits per heavy atom. The van der Waals surface area contributed by atoms with E-state index in [2.05, 4.69) is 0 Å². The third-order valence-electron chi connectivity index (χ3n) is 5.02. The number of aliphatic carboxylic acids is 1. The second kappa shape index (κ2) is 6.71. The highest BCUT2D eigenvalue weighted by atomic mass is 16.5. The largest absolute Gasteiger partial charge is 0.481 e.